The van der Waals surface area contributed by atoms with Gasteiger partial charge in [0, 0.05) is 0 Å². The third kappa shape index (κ3) is 3.71. The zero-order valence-electron chi connectivity index (χ0n) is 10.2. The summed E-state index contributed by atoms with van der Waals surface area (Å²) in [4.78, 5) is 29.4. The van der Waals surface area contributed by atoms with E-state index >= 15 is 0 Å². The Morgan fingerprint density at radius 1 is 1.53 bits per heavy atom. The summed E-state index contributed by atoms with van der Waals surface area (Å²) >= 11 is 0. The molecule has 10 heteroatoms. The minimum Gasteiger partial charge on any atom is -0.368 e. The van der Waals surface area contributed by atoms with Crippen LogP contribution in [-0.2, 0) is 15.8 Å². The van der Waals surface area contributed by atoms with Crippen molar-refractivity contribution in [3.63, 3.8) is 0 Å². The zero-order chi connectivity index (χ0) is 14.0. The van der Waals surface area contributed by atoms with E-state index in [2.05, 4.69) is 15.0 Å². The van der Waals surface area contributed by atoms with Crippen molar-refractivity contribution in [2.24, 2.45) is 0 Å². The van der Waals surface area contributed by atoms with Crippen molar-refractivity contribution in [1.82, 2.24) is 19.5 Å². The Kier molecular flexibility index (Phi) is 3.81. The van der Waals surface area contributed by atoms with Gasteiger partial charge in [-0.1, -0.05) is 0 Å². The number of ether oxygens (including phenoxy) is 1. The lowest BCUT2D eigenvalue weighted by Crippen LogP contribution is -2.17. The minimum atomic E-state index is -4.16. The van der Waals surface area contributed by atoms with Crippen LogP contribution < -0.4 is 5.73 Å². The van der Waals surface area contributed by atoms with Gasteiger partial charge in [-0.2, -0.15) is 4.98 Å². The summed E-state index contributed by atoms with van der Waals surface area (Å²) < 4.78 is 17.5. The van der Waals surface area contributed by atoms with Crippen LogP contribution in [0.15, 0.2) is 12.5 Å². The van der Waals surface area contributed by atoms with E-state index in [9.17, 15) is 4.57 Å². The molecule has 0 amide bonds. The summed E-state index contributed by atoms with van der Waals surface area (Å²) in [6.45, 7) is 2.05. The van der Waals surface area contributed by atoms with Gasteiger partial charge in [-0.15, -0.1) is 0 Å². The molecule has 0 unspecified atom stereocenters. The van der Waals surface area contributed by atoms with Crippen LogP contribution in [0.3, 0.4) is 0 Å². The molecule has 2 heterocycles. The number of imidazole rings is 1. The van der Waals surface area contributed by atoms with Gasteiger partial charge in [-0.3, -0.25) is 4.57 Å². The number of nitrogen functional groups attached to an aromatic ring is 1. The first kappa shape index (κ1) is 13.9. The third-order valence-corrected chi connectivity index (χ3v) is 2.84. The van der Waals surface area contributed by atoms with Gasteiger partial charge in [-0.25, -0.2) is 9.97 Å². The van der Waals surface area contributed by atoms with Crippen molar-refractivity contribution >= 4 is 24.7 Å². The summed E-state index contributed by atoms with van der Waals surface area (Å²) in [5, 5.41) is 0. The summed E-state index contributed by atoms with van der Waals surface area (Å²) in [6.07, 6.45) is 2.05. The highest BCUT2D eigenvalue weighted by Gasteiger charge is 2.16. The highest BCUT2D eigenvalue weighted by molar-refractivity contribution is 7.51. The molecule has 0 aliphatic heterocycles. The highest BCUT2D eigenvalue weighted by atomic mass is 31.2. The van der Waals surface area contributed by atoms with Gasteiger partial charge >= 0.3 is 7.60 Å². The van der Waals surface area contributed by atoms with Crippen LogP contribution in [0.25, 0.3) is 11.2 Å². The largest absolute Gasteiger partial charge is 0.368 e. The molecular formula is C9H14N5O4P. The van der Waals surface area contributed by atoms with Gasteiger partial charge in [0.1, 0.15) is 11.9 Å². The lowest BCUT2D eigenvalue weighted by molar-refractivity contribution is 0.0764. The molecular weight excluding hydrogens is 273 g/mol. The first-order valence-corrected chi connectivity index (χ1v) is 7.24. The summed E-state index contributed by atoms with van der Waals surface area (Å²) in [5.74, 6) is 0.137. The van der Waals surface area contributed by atoms with Crippen LogP contribution in [0.2, 0.25) is 0 Å². The van der Waals surface area contributed by atoms with Crippen LogP contribution in [-0.4, -0.2) is 41.8 Å². The van der Waals surface area contributed by atoms with Crippen LogP contribution in [0.4, 0.5) is 5.95 Å². The molecule has 1 atom stereocenters. The third-order valence-electron chi connectivity index (χ3n) is 2.36. The number of anilines is 1. The predicted molar refractivity (Wildman–Crippen MR) is 67.2 cm³/mol. The van der Waals surface area contributed by atoms with Crippen molar-refractivity contribution in [2.75, 3.05) is 12.1 Å². The Morgan fingerprint density at radius 2 is 2.26 bits per heavy atom. The lowest BCUT2D eigenvalue weighted by atomic mass is 10.4. The molecule has 0 saturated heterocycles. The van der Waals surface area contributed by atoms with E-state index in [1.165, 1.54) is 6.20 Å². The molecule has 0 spiro atoms. The number of fused-ring (bicyclic) bond motifs is 1. The van der Waals surface area contributed by atoms with E-state index < -0.39 is 20.0 Å². The first-order chi connectivity index (χ1) is 8.85. The molecule has 0 aromatic carbocycles. The fourth-order valence-corrected chi connectivity index (χ4v) is 2.00. The molecule has 2 aromatic heterocycles. The Bertz CT molecular complexity index is 624. The fraction of sp³-hybridized carbons (Fsp3) is 0.444. The number of nitrogens with two attached hydrogens (primary N) is 1. The van der Waals surface area contributed by atoms with Crippen LogP contribution in [0, 0.1) is 0 Å². The molecule has 19 heavy (non-hydrogen) atoms. The van der Waals surface area contributed by atoms with Gasteiger partial charge in [-0.05, 0) is 6.92 Å². The molecule has 0 bridgehead atoms. The van der Waals surface area contributed by atoms with E-state index in [4.69, 9.17) is 20.3 Å². The SMILES string of the molecule is C[C@H](Cn1cnc2cnc(N)nc21)OCP(=O)(O)O. The molecule has 2 aromatic rings. The van der Waals surface area contributed by atoms with Crippen molar-refractivity contribution < 1.29 is 19.1 Å². The summed E-state index contributed by atoms with van der Waals surface area (Å²) in [6, 6.07) is 0. The van der Waals surface area contributed by atoms with Gasteiger partial charge in [0.05, 0.1) is 25.2 Å². The highest BCUT2D eigenvalue weighted by Crippen LogP contribution is 2.34. The predicted octanol–water partition coefficient (Wildman–Crippen LogP) is -0.0512. The number of hydrogen-bond donors (Lipinski definition) is 3. The maximum atomic E-state index is 10.7. The van der Waals surface area contributed by atoms with Crippen LogP contribution in [0.5, 0.6) is 0 Å². The molecule has 0 aliphatic rings. The maximum absolute atomic E-state index is 10.7. The molecule has 9 nitrogen and oxygen atoms in total. The molecule has 0 radical (unpaired) electrons. The van der Waals surface area contributed by atoms with E-state index in [1.807, 2.05) is 0 Å². The number of aromatic nitrogens is 4. The van der Waals surface area contributed by atoms with Gasteiger partial charge in [0.15, 0.2) is 5.65 Å². The molecule has 0 aliphatic carbocycles. The van der Waals surface area contributed by atoms with Gasteiger partial charge < -0.3 is 24.8 Å². The van der Waals surface area contributed by atoms with E-state index in [1.54, 1.807) is 17.8 Å². The number of rotatable bonds is 5. The lowest BCUT2D eigenvalue weighted by Gasteiger charge is -2.14. The molecule has 2 rings (SSSR count). The Hall–Kier alpha value is -1.54. The van der Waals surface area contributed by atoms with E-state index in [0.29, 0.717) is 17.7 Å². The Morgan fingerprint density at radius 3 is 2.95 bits per heavy atom. The average molecular weight is 287 g/mol. The van der Waals surface area contributed by atoms with Crippen molar-refractivity contribution in [2.45, 2.75) is 19.6 Å². The second kappa shape index (κ2) is 5.22. The Labute approximate surface area is 108 Å². The van der Waals surface area contributed by atoms with Crippen molar-refractivity contribution in [3.05, 3.63) is 12.5 Å². The molecule has 0 saturated carbocycles. The second-order valence-electron chi connectivity index (χ2n) is 4.11. The summed E-state index contributed by atoms with van der Waals surface area (Å²) in [7, 11) is -4.16. The average Bonchev–Trinajstić information content (AvgIpc) is 2.68. The van der Waals surface area contributed by atoms with Gasteiger partial charge in [0.25, 0.3) is 0 Å². The van der Waals surface area contributed by atoms with Gasteiger partial charge in [0.2, 0.25) is 5.95 Å². The molecule has 0 fully saturated rings. The monoisotopic (exact) mass is 287 g/mol. The molecule has 104 valence electrons. The second-order valence-corrected chi connectivity index (χ2v) is 5.69. The van der Waals surface area contributed by atoms with E-state index in [-0.39, 0.29) is 5.95 Å². The Balaban J connectivity index is 2.08. The quantitative estimate of drug-likeness (QED) is 0.651. The maximum Gasteiger partial charge on any atom is 0.350 e. The normalized spacial score (nSPS) is 13.8. The number of hydrogen-bond acceptors (Lipinski definition) is 6. The van der Waals surface area contributed by atoms with Crippen LogP contribution in [0.1, 0.15) is 6.92 Å². The number of nitrogens with zero attached hydrogens (tertiary/aromatic N) is 4. The van der Waals surface area contributed by atoms with Crippen molar-refractivity contribution in [3.8, 4) is 0 Å². The minimum absolute atomic E-state index is 0.137. The van der Waals surface area contributed by atoms with Crippen LogP contribution >= 0.6 is 7.60 Å². The summed E-state index contributed by atoms with van der Waals surface area (Å²) in [5.41, 5.74) is 6.65. The zero-order valence-corrected chi connectivity index (χ0v) is 11.1. The van der Waals surface area contributed by atoms with E-state index in [0.717, 1.165) is 0 Å². The fourth-order valence-electron chi connectivity index (χ4n) is 1.56. The first-order valence-electron chi connectivity index (χ1n) is 5.44. The topological polar surface area (TPSA) is 136 Å². The smallest absolute Gasteiger partial charge is 0.350 e. The molecule has 4 N–H and O–H groups in total. The standard InChI is InChI=1S/C9H14N5O4P/c1-6(18-5-19(15,16)17)3-14-4-12-7-2-11-9(10)13-8(7)14/h2,4,6H,3,5H2,1H3,(H2,10,11,13)(H2,15,16,17)/t6-/m1/s1. The van der Waals surface area contributed by atoms with Crippen molar-refractivity contribution in [1.29, 1.82) is 0 Å².